The summed E-state index contributed by atoms with van der Waals surface area (Å²) < 4.78 is 63.7. The van der Waals surface area contributed by atoms with Gasteiger partial charge in [0.25, 0.3) is 0 Å². The van der Waals surface area contributed by atoms with Gasteiger partial charge in [0.1, 0.15) is 0 Å². The molecule has 0 amide bonds. The molecule has 1 aliphatic heterocycles. The fraction of sp³-hybridized carbons (Fsp3) is 0.500. The van der Waals surface area contributed by atoms with Crippen LogP contribution in [0.4, 0.5) is 13.2 Å². The minimum Gasteiger partial charge on any atom is -0.314 e. The normalized spacial score (nSPS) is 20.6. The van der Waals surface area contributed by atoms with E-state index >= 15 is 0 Å². The van der Waals surface area contributed by atoms with Gasteiger partial charge in [0.15, 0.2) is 0 Å². The van der Waals surface area contributed by atoms with Crippen LogP contribution in [-0.4, -0.2) is 38.1 Å². The molecule has 1 aromatic rings. The van der Waals surface area contributed by atoms with Crippen LogP contribution in [0.1, 0.15) is 11.1 Å². The smallest absolute Gasteiger partial charge is 0.314 e. The second-order valence-electron chi connectivity index (χ2n) is 4.55. The molecule has 2 rings (SSSR count). The number of benzene rings is 1. The van der Waals surface area contributed by atoms with Gasteiger partial charge in [-0.3, -0.25) is 0 Å². The average Bonchev–Trinajstić information content (AvgIpc) is 2.51. The summed E-state index contributed by atoms with van der Waals surface area (Å²) in [6, 6.07) is 5.06. The lowest BCUT2D eigenvalue weighted by Crippen LogP contribution is -2.33. The maximum atomic E-state index is 12.9. The molecule has 4 nitrogen and oxygen atoms in total. The van der Waals surface area contributed by atoms with E-state index in [1.807, 2.05) is 0 Å². The zero-order valence-electron chi connectivity index (χ0n) is 10.7. The summed E-state index contributed by atoms with van der Waals surface area (Å²) in [5, 5.41) is 2.92. The Hall–Kier alpha value is -1.12. The van der Waals surface area contributed by atoms with E-state index < -0.39 is 21.8 Å². The van der Waals surface area contributed by atoms with Crippen molar-refractivity contribution in [2.24, 2.45) is 0 Å². The number of halogens is 3. The highest BCUT2D eigenvalue weighted by Crippen LogP contribution is 2.32. The van der Waals surface area contributed by atoms with Gasteiger partial charge in [-0.2, -0.15) is 17.5 Å². The SMILES string of the molecule is O=S1(=O)CCNCCN1Cc1ccccc1C(F)(F)F. The molecule has 0 bridgehead atoms. The van der Waals surface area contributed by atoms with Crippen LogP contribution in [-0.2, 0) is 22.7 Å². The minimum absolute atomic E-state index is 0.0227. The van der Waals surface area contributed by atoms with Gasteiger partial charge in [0.2, 0.25) is 10.0 Å². The first-order valence-electron chi connectivity index (χ1n) is 6.14. The van der Waals surface area contributed by atoms with E-state index in [1.54, 1.807) is 0 Å². The minimum atomic E-state index is -4.48. The number of nitrogens with one attached hydrogen (secondary N) is 1. The molecule has 8 heteroatoms. The lowest BCUT2D eigenvalue weighted by molar-refractivity contribution is -0.138. The van der Waals surface area contributed by atoms with E-state index in [4.69, 9.17) is 0 Å². The quantitative estimate of drug-likeness (QED) is 0.899. The van der Waals surface area contributed by atoms with Crippen molar-refractivity contribution in [1.82, 2.24) is 9.62 Å². The third kappa shape index (κ3) is 3.50. The second kappa shape index (κ2) is 5.71. The maximum Gasteiger partial charge on any atom is 0.416 e. The molecule has 1 aromatic carbocycles. The molecule has 1 saturated heterocycles. The standard InChI is InChI=1S/C12H15F3N2O2S/c13-12(14,15)11-4-2-1-3-10(11)9-17-7-5-16-6-8-20(17,18)19/h1-4,16H,5-9H2. The van der Waals surface area contributed by atoms with E-state index in [2.05, 4.69) is 5.32 Å². The predicted octanol–water partition coefficient (Wildman–Crippen LogP) is 1.44. The van der Waals surface area contributed by atoms with Crippen LogP contribution in [0.2, 0.25) is 0 Å². The molecule has 1 fully saturated rings. The molecule has 1 aliphatic rings. The van der Waals surface area contributed by atoms with E-state index in [1.165, 1.54) is 18.2 Å². The van der Waals surface area contributed by atoms with Crippen molar-refractivity contribution in [2.75, 3.05) is 25.4 Å². The molecule has 0 aliphatic carbocycles. The van der Waals surface area contributed by atoms with Gasteiger partial charge >= 0.3 is 6.18 Å². The molecule has 0 atom stereocenters. The number of alkyl halides is 3. The molecule has 0 spiro atoms. The van der Waals surface area contributed by atoms with Gasteiger partial charge in [-0.1, -0.05) is 18.2 Å². The van der Waals surface area contributed by atoms with Crippen LogP contribution in [0.5, 0.6) is 0 Å². The van der Waals surface area contributed by atoms with E-state index in [-0.39, 0.29) is 24.4 Å². The Bertz CT molecular complexity index is 572. The molecule has 20 heavy (non-hydrogen) atoms. The van der Waals surface area contributed by atoms with Crippen LogP contribution in [0.15, 0.2) is 24.3 Å². The monoisotopic (exact) mass is 308 g/mol. The number of sulfonamides is 1. The number of rotatable bonds is 2. The summed E-state index contributed by atoms with van der Waals surface area (Å²) >= 11 is 0. The van der Waals surface area contributed by atoms with Gasteiger partial charge in [-0.15, -0.1) is 0 Å². The molecular weight excluding hydrogens is 293 g/mol. The Morgan fingerprint density at radius 2 is 1.90 bits per heavy atom. The number of nitrogens with zero attached hydrogens (tertiary/aromatic N) is 1. The molecule has 0 unspecified atom stereocenters. The molecule has 0 aromatic heterocycles. The fourth-order valence-corrected chi connectivity index (χ4v) is 3.47. The number of hydrogen-bond donors (Lipinski definition) is 1. The van der Waals surface area contributed by atoms with Gasteiger partial charge in [-0.05, 0) is 11.6 Å². The Morgan fingerprint density at radius 3 is 2.60 bits per heavy atom. The molecule has 0 saturated carbocycles. The third-order valence-corrected chi connectivity index (χ3v) is 4.96. The number of hydrogen-bond acceptors (Lipinski definition) is 3. The van der Waals surface area contributed by atoms with Gasteiger partial charge in [0, 0.05) is 26.2 Å². The summed E-state index contributed by atoms with van der Waals surface area (Å²) in [5.41, 5.74) is -0.808. The predicted molar refractivity (Wildman–Crippen MR) is 68.5 cm³/mol. The van der Waals surface area contributed by atoms with Crippen molar-refractivity contribution in [3.63, 3.8) is 0 Å². The fourth-order valence-electron chi connectivity index (χ4n) is 2.10. The summed E-state index contributed by atoms with van der Waals surface area (Å²) in [6.45, 7) is 0.682. The van der Waals surface area contributed by atoms with Crippen molar-refractivity contribution in [1.29, 1.82) is 0 Å². The van der Waals surface area contributed by atoms with Crippen molar-refractivity contribution in [3.8, 4) is 0 Å². The summed E-state index contributed by atoms with van der Waals surface area (Å²) in [4.78, 5) is 0. The maximum absolute atomic E-state index is 12.9. The van der Waals surface area contributed by atoms with Crippen molar-refractivity contribution < 1.29 is 21.6 Å². The largest absolute Gasteiger partial charge is 0.416 e. The molecule has 112 valence electrons. The van der Waals surface area contributed by atoms with Crippen molar-refractivity contribution in [3.05, 3.63) is 35.4 Å². The van der Waals surface area contributed by atoms with E-state index in [9.17, 15) is 21.6 Å². The van der Waals surface area contributed by atoms with E-state index in [0.29, 0.717) is 13.1 Å². The highest BCUT2D eigenvalue weighted by molar-refractivity contribution is 7.89. The first-order valence-corrected chi connectivity index (χ1v) is 7.75. The van der Waals surface area contributed by atoms with Crippen molar-refractivity contribution >= 4 is 10.0 Å². The van der Waals surface area contributed by atoms with Gasteiger partial charge < -0.3 is 5.32 Å². The molecule has 1 heterocycles. The zero-order chi connectivity index (χ0) is 14.8. The Morgan fingerprint density at radius 1 is 1.20 bits per heavy atom. The highest BCUT2D eigenvalue weighted by Gasteiger charge is 2.34. The van der Waals surface area contributed by atoms with Crippen LogP contribution < -0.4 is 5.32 Å². The lowest BCUT2D eigenvalue weighted by atomic mass is 10.1. The lowest BCUT2D eigenvalue weighted by Gasteiger charge is -2.21. The van der Waals surface area contributed by atoms with Crippen molar-refractivity contribution in [2.45, 2.75) is 12.7 Å². The average molecular weight is 308 g/mol. The highest BCUT2D eigenvalue weighted by atomic mass is 32.2. The van der Waals surface area contributed by atoms with Crippen LogP contribution in [0, 0.1) is 0 Å². The summed E-state index contributed by atoms with van der Waals surface area (Å²) in [6.07, 6.45) is -4.48. The second-order valence-corrected chi connectivity index (χ2v) is 6.64. The molecule has 0 radical (unpaired) electrons. The summed E-state index contributed by atoms with van der Waals surface area (Å²) in [5.74, 6) is -0.0960. The molecular formula is C12H15F3N2O2S. The summed E-state index contributed by atoms with van der Waals surface area (Å²) in [7, 11) is -3.52. The topological polar surface area (TPSA) is 49.4 Å². The molecule has 1 N–H and O–H groups in total. The third-order valence-electron chi connectivity index (χ3n) is 3.14. The van der Waals surface area contributed by atoms with Crippen LogP contribution in [0.25, 0.3) is 0 Å². The van der Waals surface area contributed by atoms with Gasteiger partial charge in [0.05, 0.1) is 11.3 Å². The Kier molecular flexibility index (Phi) is 4.36. The Labute approximate surface area is 115 Å². The van der Waals surface area contributed by atoms with Crippen LogP contribution in [0.3, 0.4) is 0 Å². The Balaban J connectivity index is 2.30. The first-order chi connectivity index (χ1) is 9.31. The zero-order valence-corrected chi connectivity index (χ0v) is 11.5. The first kappa shape index (κ1) is 15.3. The van der Waals surface area contributed by atoms with Crippen LogP contribution >= 0.6 is 0 Å². The van der Waals surface area contributed by atoms with E-state index in [0.717, 1.165) is 10.4 Å². The van der Waals surface area contributed by atoms with Gasteiger partial charge in [-0.25, -0.2) is 8.42 Å².